The summed E-state index contributed by atoms with van der Waals surface area (Å²) < 4.78 is 0. The van der Waals surface area contributed by atoms with Gasteiger partial charge in [0, 0.05) is 30.9 Å². The second-order valence-electron chi connectivity index (χ2n) is 5.49. The van der Waals surface area contributed by atoms with Gasteiger partial charge < -0.3 is 4.90 Å². The van der Waals surface area contributed by atoms with Crippen molar-refractivity contribution in [1.29, 1.82) is 5.26 Å². The molecule has 0 aliphatic heterocycles. The molecule has 1 aromatic heterocycles. The summed E-state index contributed by atoms with van der Waals surface area (Å²) in [5.41, 5.74) is 1.14. The van der Waals surface area contributed by atoms with Gasteiger partial charge in [-0.05, 0) is 32.0 Å². The van der Waals surface area contributed by atoms with Crippen LogP contribution < -0.4 is 0 Å². The lowest BCUT2D eigenvalue weighted by atomic mass is 9.95. The van der Waals surface area contributed by atoms with Crippen molar-refractivity contribution >= 4 is 0 Å². The predicted molar refractivity (Wildman–Crippen MR) is 76.5 cm³/mol. The standard InChI is InChI=1S/C16H23N3/c1-19(12-10-15-8-5-6-11-18-15)16-9-4-2-3-7-14(16)13-17/h5-6,8,11,14,16H,2-4,7,9-10,12H2,1H3. The Morgan fingerprint density at radius 1 is 1.32 bits per heavy atom. The van der Waals surface area contributed by atoms with Crippen LogP contribution in [-0.2, 0) is 6.42 Å². The summed E-state index contributed by atoms with van der Waals surface area (Å²) in [5.74, 6) is 0.205. The third kappa shape index (κ3) is 4.04. The molecule has 1 aliphatic carbocycles. The van der Waals surface area contributed by atoms with Crippen LogP contribution in [0.5, 0.6) is 0 Å². The van der Waals surface area contributed by atoms with E-state index in [1.54, 1.807) is 0 Å². The molecule has 1 fully saturated rings. The molecule has 3 nitrogen and oxygen atoms in total. The first kappa shape index (κ1) is 14.0. The molecule has 2 unspecified atom stereocenters. The second kappa shape index (κ2) is 7.25. The zero-order valence-corrected chi connectivity index (χ0v) is 11.8. The van der Waals surface area contributed by atoms with Crippen molar-refractivity contribution in [3.63, 3.8) is 0 Å². The average molecular weight is 257 g/mol. The van der Waals surface area contributed by atoms with Crippen molar-refractivity contribution in [3.05, 3.63) is 30.1 Å². The summed E-state index contributed by atoms with van der Waals surface area (Å²) in [7, 11) is 2.16. The molecule has 19 heavy (non-hydrogen) atoms. The highest BCUT2D eigenvalue weighted by Gasteiger charge is 2.26. The van der Waals surface area contributed by atoms with E-state index in [2.05, 4.69) is 29.1 Å². The Kier molecular flexibility index (Phi) is 5.35. The van der Waals surface area contributed by atoms with Gasteiger partial charge in [0.2, 0.25) is 0 Å². The van der Waals surface area contributed by atoms with Crippen LogP contribution in [-0.4, -0.2) is 29.5 Å². The van der Waals surface area contributed by atoms with Gasteiger partial charge in [-0.3, -0.25) is 4.98 Å². The van der Waals surface area contributed by atoms with Crippen molar-refractivity contribution in [1.82, 2.24) is 9.88 Å². The van der Waals surface area contributed by atoms with Gasteiger partial charge in [0.25, 0.3) is 0 Å². The van der Waals surface area contributed by atoms with Crippen molar-refractivity contribution < 1.29 is 0 Å². The first-order chi connectivity index (χ1) is 9.31. The van der Waals surface area contributed by atoms with Crippen LogP contribution in [0.1, 0.15) is 37.8 Å². The van der Waals surface area contributed by atoms with Gasteiger partial charge in [0.05, 0.1) is 12.0 Å². The summed E-state index contributed by atoms with van der Waals surface area (Å²) in [4.78, 5) is 6.73. The van der Waals surface area contributed by atoms with Crippen LogP contribution in [0.2, 0.25) is 0 Å². The van der Waals surface area contributed by atoms with Gasteiger partial charge >= 0.3 is 0 Å². The van der Waals surface area contributed by atoms with Gasteiger partial charge in [-0.1, -0.05) is 25.3 Å². The van der Waals surface area contributed by atoms with E-state index in [1.165, 1.54) is 19.3 Å². The molecule has 1 heterocycles. The maximum absolute atomic E-state index is 9.33. The fourth-order valence-corrected chi connectivity index (χ4v) is 2.97. The van der Waals surface area contributed by atoms with Gasteiger partial charge in [-0.2, -0.15) is 5.26 Å². The first-order valence-corrected chi connectivity index (χ1v) is 7.31. The molecule has 0 saturated heterocycles. The molecule has 2 atom stereocenters. The molecule has 0 aromatic carbocycles. The Hall–Kier alpha value is -1.40. The molecule has 1 aromatic rings. The molecule has 102 valence electrons. The quantitative estimate of drug-likeness (QED) is 0.778. The van der Waals surface area contributed by atoms with Gasteiger partial charge in [0.1, 0.15) is 0 Å². The maximum Gasteiger partial charge on any atom is 0.0672 e. The fraction of sp³-hybridized carbons (Fsp3) is 0.625. The molecule has 0 spiro atoms. The minimum Gasteiger partial charge on any atom is -0.302 e. The molecule has 3 heteroatoms. The number of hydrogen-bond acceptors (Lipinski definition) is 3. The van der Waals surface area contributed by atoms with Gasteiger partial charge in [-0.25, -0.2) is 0 Å². The highest BCUT2D eigenvalue weighted by molar-refractivity contribution is 5.04. The van der Waals surface area contributed by atoms with E-state index in [-0.39, 0.29) is 5.92 Å². The number of rotatable bonds is 4. The number of pyridine rings is 1. The summed E-state index contributed by atoms with van der Waals surface area (Å²) in [6, 6.07) is 9.00. The number of nitrogens with zero attached hydrogens (tertiary/aromatic N) is 3. The van der Waals surface area contributed by atoms with Crippen molar-refractivity contribution in [2.24, 2.45) is 5.92 Å². The maximum atomic E-state index is 9.33. The van der Waals surface area contributed by atoms with Crippen molar-refractivity contribution in [2.75, 3.05) is 13.6 Å². The molecule has 0 amide bonds. The Labute approximate surface area is 116 Å². The van der Waals surface area contributed by atoms with E-state index in [1.807, 2.05) is 18.3 Å². The lowest BCUT2D eigenvalue weighted by Gasteiger charge is -2.30. The first-order valence-electron chi connectivity index (χ1n) is 7.31. The zero-order valence-electron chi connectivity index (χ0n) is 11.8. The fourth-order valence-electron chi connectivity index (χ4n) is 2.97. The van der Waals surface area contributed by atoms with Crippen LogP contribution in [0.4, 0.5) is 0 Å². The van der Waals surface area contributed by atoms with Crippen LogP contribution in [0.15, 0.2) is 24.4 Å². The van der Waals surface area contributed by atoms with E-state index >= 15 is 0 Å². The normalized spacial score (nSPS) is 23.8. The molecule has 1 saturated carbocycles. The topological polar surface area (TPSA) is 39.9 Å². The van der Waals surface area contributed by atoms with Crippen molar-refractivity contribution in [2.45, 2.75) is 44.6 Å². The average Bonchev–Trinajstić information content (AvgIpc) is 2.71. The summed E-state index contributed by atoms with van der Waals surface area (Å²) in [6.07, 6.45) is 8.79. The highest BCUT2D eigenvalue weighted by atomic mass is 15.1. The highest BCUT2D eigenvalue weighted by Crippen LogP contribution is 2.26. The van der Waals surface area contributed by atoms with E-state index < -0.39 is 0 Å². The predicted octanol–water partition coefficient (Wildman–Crippen LogP) is 3.03. The van der Waals surface area contributed by atoms with Crippen LogP contribution in [0, 0.1) is 17.2 Å². The van der Waals surface area contributed by atoms with E-state index in [0.717, 1.165) is 31.5 Å². The van der Waals surface area contributed by atoms with Crippen LogP contribution in [0.3, 0.4) is 0 Å². The Morgan fingerprint density at radius 2 is 2.16 bits per heavy atom. The second-order valence-corrected chi connectivity index (χ2v) is 5.49. The van der Waals surface area contributed by atoms with E-state index in [4.69, 9.17) is 0 Å². The molecular formula is C16H23N3. The molecule has 2 rings (SSSR count). The molecule has 0 N–H and O–H groups in total. The molecule has 0 radical (unpaired) electrons. The lowest BCUT2D eigenvalue weighted by molar-refractivity contribution is 0.192. The largest absolute Gasteiger partial charge is 0.302 e. The Bertz CT molecular complexity index is 410. The van der Waals surface area contributed by atoms with Gasteiger partial charge in [-0.15, -0.1) is 0 Å². The number of likely N-dealkylation sites (N-methyl/N-ethyl adjacent to an activating group) is 1. The van der Waals surface area contributed by atoms with Crippen LogP contribution in [0.25, 0.3) is 0 Å². The number of hydrogen-bond donors (Lipinski definition) is 0. The molecule has 1 aliphatic rings. The number of nitriles is 1. The van der Waals surface area contributed by atoms with E-state index in [9.17, 15) is 5.26 Å². The monoisotopic (exact) mass is 257 g/mol. The minimum absolute atomic E-state index is 0.205. The third-order valence-electron chi connectivity index (χ3n) is 4.16. The minimum atomic E-state index is 0.205. The molecular weight excluding hydrogens is 234 g/mol. The van der Waals surface area contributed by atoms with Gasteiger partial charge in [0.15, 0.2) is 0 Å². The van der Waals surface area contributed by atoms with Crippen molar-refractivity contribution in [3.8, 4) is 6.07 Å². The van der Waals surface area contributed by atoms with E-state index in [0.29, 0.717) is 6.04 Å². The lowest BCUT2D eigenvalue weighted by Crippen LogP contribution is -2.38. The summed E-state index contributed by atoms with van der Waals surface area (Å²) in [5, 5.41) is 9.33. The smallest absolute Gasteiger partial charge is 0.0672 e. The zero-order chi connectivity index (χ0) is 13.5. The summed E-state index contributed by atoms with van der Waals surface area (Å²) in [6.45, 7) is 0.986. The third-order valence-corrected chi connectivity index (χ3v) is 4.16. The Morgan fingerprint density at radius 3 is 2.89 bits per heavy atom. The number of aromatic nitrogens is 1. The summed E-state index contributed by atoms with van der Waals surface area (Å²) >= 11 is 0. The Balaban J connectivity index is 1.90. The SMILES string of the molecule is CN(CCc1ccccn1)C1CCCCCC1C#N. The van der Waals surface area contributed by atoms with Crippen LogP contribution >= 0.6 is 0 Å². The molecule has 0 bridgehead atoms.